The summed E-state index contributed by atoms with van der Waals surface area (Å²) in [5.74, 6) is -0.748. The average molecular weight is 366 g/mol. The predicted molar refractivity (Wildman–Crippen MR) is 82.6 cm³/mol. The van der Waals surface area contributed by atoms with Gasteiger partial charge >= 0.3 is 6.18 Å². The van der Waals surface area contributed by atoms with Gasteiger partial charge in [0, 0.05) is 26.2 Å². The van der Waals surface area contributed by atoms with Crippen molar-refractivity contribution in [2.45, 2.75) is 6.18 Å². The highest BCUT2D eigenvalue weighted by molar-refractivity contribution is 5.91. The first kappa shape index (κ1) is 16.4. The van der Waals surface area contributed by atoms with Gasteiger partial charge in [-0.3, -0.25) is 4.79 Å². The Bertz CT molecular complexity index is 929. The molecule has 3 aromatic heterocycles. The minimum absolute atomic E-state index is 0.0210. The zero-order chi connectivity index (χ0) is 18.3. The lowest BCUT2D eigenvalue weighted by atomic mass is 10.3. The van der Waals surface area contributed by atoms with Crippen LogP contribution < -0.4 is 4.90 Å². The summed E-state index contributed by atoms with van der Waals surface area (Å²) in [7, 11) is 0. The molecule has 1 saturated heterocycles. The lowest BCUT2D eigenvalue weighted by Crippen LogP contribution is -2.49. The molecule has 0 aromatic carbocycles. The minimum Gasteiger partial charge on any atom is -0.459 e. The molecular weight excluding hydrogens is 353 g/mol. The first-order valence-electron chi connectivity index (χ1n) is 7.81. The number of furan rings is 1. The van der Waals surface area contributed by atoms with Crippen LogP contribution in [0.5, 0.6) is 0 Å². The van der Waals surface area contributed by atoms with Crippen molar-refractivity contribution < 1.29 is 22.4 Å². The van der Waals surface area contributed by atoms with Crippen LogP contribution in [0.3, 0.4) is 0 Å². The predicted octanol–water partition coefficient (Wildman–Crippen LogP) is 1.70. The van der Waals surface area contributed by atoms with E-state index in [0.29, 0.717) is 36.5 Å². The number of hydrogen-bond acceptors (Lipinski definition) is 6. The number of fused-ring (bicyclic) bond motifs is 1. The lowest BCUT2D eigenvalue weighted by Gasteiger charge is -2.34. The van der Waals surface area contributed by atoms with Gasteiger partial charge < -0.3 is 14.2 Å². The molecule has 8 nitrogen and oxygen atoms in total. The van der Waals surface area contributed by atoms with E-state index in [1.165, 1.54) is 12.3 Å². The minimum atomic E-state index is -4.64. The molecule has 1 fully saturated rings. The number of rotatable bonds is 2. The van der Waals surface area contributed by atoms with Crippen molar-refractivity contribution in [3.05, 3.63) is 42.1 Å². The Labute approximate surface area is 144 Å². The van der Waals surface area contributed by atoms with E-state index >= 15 is 0 Å². The third-order valence-corrected chi connectivity index (χ3v) is 4.13. The Morgan fingerprint density at radius 3 is 2.50 bits per heavy atom. The average Bonchev–Trinajstić information content (AvgIpc) is 3.30. The monoisotopic (exact) mass is 366 g/mol. The maximum atomic E-state index is 13.0. The molecule has 0 radical (unpaired) electrons. The smallest absolute Gasteiger partial charge is 0.453 e. The fourth-order valence-electron chi connectivity index (χ4n) is 2.82. The van der Waals surface area contributed by atoms with Crippen LogP contribution in [0.1, 0.15) is 16.4 Å². The number of alkyl halides is 3. The maximum Gasteiger partial charge on any atom is 0.453 e. The third-order valence-electron chi connectivity index (χ3n) is 4.13. The van der Waals surface area contributed by atoms with Crippen LogP contribution in [-0.4, -0.2) is 56.8 Å². The van der Waals surface area contributed by atoms with Crippen LogP contribution >= 0.6 is 0 Å². The second-order valence-electron chi connectivity index (χ2n) is 5.74. The summed E-state index contributed by atoms with van der Waals surface area (Å²) in [4.78, 5) is 15.7. The van der Waals surface area contributed by atoms with Crippen molar-refractivity contribution in [2.24, 2.45) is 0 Å². The van der Waals surface area contributed by atoms with Gasteiger partial charge in [-0.1, -0.05) is 0 Å². The molecular formula is C15H13F3N6O2. The molecule has 4 rings (SSSR count). The molecule has 1 aliphatic heterocycles. The molecule has 1 aliphatic rings. The fraction of sp³-hybridized carbons (Fsp3) is 0.333. The van der Waals surface area contributed by atoms with E-state index in [9.17, 15) is 18.0 Å². The molecule has 0 spiro atoms. The molecule has 26 heavy (non-hydrogen) atoms. The van der Waals surface area contributed by atoms with E-state index in [0.717, 1.165) is 0 Å². The van der Waals surface area contributed by atoms with E-state index in [2.05, 4.69) is 15.3 Å². The quantitative estimate of drug-likeness (QED) is 0.687. The SMILES string of the molecule is O=C(c1ccco1)N1CCN(c2ccc3nnc(C(F)(F)F)n3n2)CC1. The summed E-state index contributed by atoms with van der Waals surface area (Å²) in [6, 6.07) is 6.26. The van der Waals surface area contributed by atoms with Gasteiger partial charge in [0.15, 0.2) is 11.4 Å². The molecule has 3 aromatic rings. The van der Waals surface area contributed by atoms with Crippen molar-refractivity contribution in [2.75, 3.05) is 31.1 Å². The number of piperazine rings is 1. The van der Waals surface area contributed by atoms with Crippen molar-refractivity contribution in [1.29, 1.82) is 0 Å². The Balaban J connectivity index is 1.52. The topological polar surface area (TPSA) is 79.8 Å². The number of aromatic nitrogens is 4. The fourth-order valence-corrected chi connectivity index (χ4v) is 2.82. The van der Waals surface area contributed by atoms with Crippen molar-refractivity contribution >= 4 is 17.4 Å². The summed E-state index contributed by atoms with van der Waals surface area (Å²) in [5.41, 5.74) is 0.0210. The number of nitrogens with zero attached hydrogens (tertiary/aromatic N) is 6. The van der Waals surface area contributed by atoms with Crippen LogP contribution in [0.25, 0.3) is 5.65 Å². The normalized spacial score (nSPS) is 15.7. The number of hydrogen-bond donors (Lipinski definition) is 0. The van der Waals surface area contributed by atoms with Gasteiger partial charge in [0.25, 0.3) is 11.7 Å². The Morgan fingerprint density at radius 1 is 1.08 bits per heavy atom. The molecule has 0 atom stereocenters. The lowest BCUT2D eigenvalue weighted by molar-refractivity contribution is -0.146. The highest BCUT2D eigenvalue weighted by atomic mass is 19.4. The van der Waals surface area contributed by atoms with Gasteiger partial charge in [0.2, 0.25) is 0 Å². The zero-order valence-corrected chi connectivity index (χ0v) is 13.3. The molecule has 4 heterocycles. The van der Waals surface area contributed by atoms with E-state index < -0.39 is 12.0 Å². The standard InChI is InChI=1S/C15H13F3N6O2/c16-15(17,18)14-20-19-11-3-4-12(21-24(11)14)22-5-7-23(8-6-22)13(25)10-2-1-9-26-10/h1-4,9H,5-8H2. The van der Waals surface area contributed by atoms with E-state index in [1.807, 2.05) is 4.90 Å². The molecule has 0 saturated carbocycles. The summed E-state index contributed by atoms with van der Waals surface area (Å²) >= 11 is 0. The number of carbonyl (C=O) groups is 1. The third kappa shape index (κ3) is 2.85. The van der Waals surface area contributed by atoms with Crippen LogP contribution in [0.15, 0.2) is 34.9 Å². The maximum absolute atomic E-state index is 13.0. The Hall–Kier alpha value is -3.11. The van der Waals surface area contributed by atoms with Gasteiger partial charge in [0.05, 0.1) is 6.26 Å². The molecule has 1 amide bonds. The van der Waals surface area contributed by atoms with E-state index in [-0.39, 0.29) is 17.3 Å². The van der Waals surface area contributed by atoms with Crippen molar-refractivity contribution in [3.63, 3.8) is 0 Å². The second kappa shape index (κ2) is 6.00. The van der Waals surface area contributed by atoms with Gasteiger partial charge in [-0.15, -0.1) is 15.3 Å². The molecule has 0 unspecified atom stereocenters. The number of anilines is 1. The number of amides is 1. The molecule has 136 valence electrons. The zero-order valence-electron chi connectivity index (χ0n) is 13.3. The Morgan fingerprint density at radius 2 is 1.85 bits per heavy atom. The van der Waals surface area contributed by atoms with Crippen molar-refractivity contribution in [3.8, 4) is 0 Å². The Kier molecular flexibility index (Phi) is 3.78. The highest BCUT2D eigenvalue weighted by Gasteiger charge is 2.38. The molecule has 0 N–H and O–H groups in total. The van der Waals surface area contributed by atoms with Crippen LogP contribution in [0, 0.1) is 0 Å². The van der Waals surface area contributed by atoms with Crippen LogP contribution in [0.4, 0.5) is 19.0 Å². The largest absolute Gasteiger partial charge is 0.459 e. The number of carbonyl (C=O) groups excluding carboxylic acids is 1. The summed E-state index contributed by atoms with van der Waals surface area (Å²) < 4.78 is 44.7. The molecule has 0 aliphatic carbocycles. The highest BCUT2D eigenvalue weighted by Crippen LogP contribution is 2.28. The van der Waals surface area contributed by atoms with Crippen molar-refractivity contribution in [1.82, 2.24) is 24.7 Å². The van der Waals surface area contributed by atoms with Gasteiger partial charge in [-0.2, -0.15) is 17.7 Å². The second-order valence-corrected chi connectivity index (χ2v) is 5.74. The first-order chi connectivity index (χ1) is 12.4. The van der Waals surface area contributed by atoms with Crippen LogP contribution in [-0.2, 0) is 6.18 Å². The van der Waals surface area contributed by atoms with E-state index in [1.54, 1.807) is 23.1 Å². The molecule has 0 bridgehead atoms. The first-order valence-corrected chi connectivity index (χ1v) is 7.81. The summed E-state index contributed by atoms with van der Waals surface area (Å²) in [5, 5.41) is 10.7. The molecule has 11 heteroatoms. The van der Waals surface area contributed by atoms with Gasteiger partial charge in [-0.05, 0) is 24.3 Å². The number of halogens is 3. The van der Waals surface area contributed by atoms with E-state index in [4.69, 9.17) is 4.42 Å². The van der Waals surface area contributed by atoms with Crippen LogP contribution in [0.2, 0.25) is 0 Å². The van der Waals surface area contributed by atoms with Gasteiger partial charge in [-0.25, -0.2) is 0 Å². The van der Waals surface area contributed by atoms with Gasteiger partial charge in [0.1, 0.15) is 5.82 Å². The summed E-state index contributed by atoms with van der Waals surface area (Å²) in [6.07, 6.45) is -3.21. The summed E-state index contributed by atoms with van der Waals surface area (Å²) in [6.45, 7) is 1.70.